The van der Waals surface area contributed by atoms with Crippen LogP contribution in [0.1, 0.15) is 34.1 Å². The van der Waals surface area contributed by atoms with E-state index in [-0.39, 0.29) is 0 Å². The van der Waals surface area contributed by atoms with Gasteiger partial charge in [-0.05, 0) is 40.8 Å². The largest absolute Gasteiger partial charge is 0.377 e. The molecule has 0 radical (unpaired) electrons. The van der Waals surface area contributed by atoms with Gasteiger partial charge in [-0.3, -0.25) is 0 Å². The van der Waals surface area contributed by atoms with E-state index >= 15 is 0 Å². The second-order valence-corrected chi connectivity index (χ2v) is 4.54. The van der Waals surface area contributed by atoms with Gasteiger partial charge in [0, 0.05) is 19.1 Å². The van der Waals surface area contributed by atoms with Gasteiger partial charge < -0.3 is 15.0 Å². The van der Waals surface area contributed by atoms with Gasteiger partial charge in [-0.1, -0.05) is 6.92 Å². The number of hydrogen-bond donors (Lipinski definition) is 1. The number of ether oxygens (including phenoxy) is 1. The molecule has 0 amide bonds. The Kier molecular flexibility index (Phi) is 9.06. The van der Waals surface area contributed by atoms with E-state index in [9.17, 15) is 0 Å². The molecule has 0 aliphatic heterocycles. The molecular weight excluding hydrogens is 188 g/mol. The average molecular weight is 216 g/mol. The second-order valence-electron chi connectivity index (χ2n) is 4.54. The summed E-state index contributed by atoms with van der Waals surface area (Å²) in [7, 11) is 2.15. The predicted octanol–water partition coefficient (Wildman–Crippen LogP) is 1.73. The van der Waals surface area contributed by atoms with Gasteiger partial charge in [-0.15, -0.1) is 0 Å². The molecule has 0 fully saturated rings. The van der Waals surface area contributed by atoms with Crippen molar-refractivity contribution in [2.24, 2.45) is 0 Å². The standard InChI is InChI=1S/C12H28N2O/c1-6-7-13-12(4)10-14(5)8-9-15-11(2)3/h11-13H,6-10H2,1-5H3. The summed E-state index contributed by atoms with van der Waals surface area (Å²) in [5.41, 5.74) is 0. The first kappa shape index (κ1) is 14.9. The Morgan fingerprint density at radius 1 is 1.27 bits per heavy atom. The average Bonchev–Trinajstić information content (AvgIpc) is 2.14. The molecule has 0 saturated heterocycles. The topological polar surface area (TPSA) is 24.5 Å². The molecule has 1 N–H and O–H groups in total. The normalized spacial score (nSPS) is 13.8. The van der Waals surface area contributed by atoms with Crippen LogP contribution in [0.5, 0.6) is 0 Å². The highest BCUT2D eigenvalue weighted by atomic mass is 16.5. The van der Waals surface area contributed by atoms with Crippen LogP contribution in [0.25, 0.3) is 0 Å². The van der Waals surface area contributed by atoms with Crippen LogP contribution >= 0.6 is 0 Å². The van der Waals surface area contributed by atoms with Crippen LogP contribution < -0.4 is 5.32 Å². The fraction of sp³-hybridized carbons (Fsp3) is 1.00. The molecule has 3 heteroatoms. The molecule has 1 atom stereocenters. The molecule has 0 aliphatic carbocycles. The molecule has 0 heterocycles. The Hall–Kier alpha value is -0.120. The van der Waals surface area contributed by atoms with E-state index in [1.807, 2.05) is 0 Å². The van der Waals surface area contributed by atoms with Gasteiger partial charge in [0.1, 0.15) is 0 Å². The van der Waals surface area contributed by atoms with Crippen molar-refractivity contribution in [1.29, 1.82) is 0 Å². The molecule has 0 bridgehead atoms. The molecule has 3 nitrogen and oxygen atoms in total. The maximum Gasteiger partial charge on any atom is 0.0596 e. The molecule has 15 heavy (non-hydrogen) atoms. The quantitative estimate of drug-likeness (QED) is 0.635. The summed E-state index contributed by atoms with van der Waals surface area (Å²) < 4.78 is 5.51. The van der Waals surface area contributed by atoms with Crippen LogP contribution in [0.15, 0.2) is 0 Å². The lowest BCUT2D eigenvalue weighted by molar-refractivity contribution is 0.0626. The maximum absolute atomic E-state index is 5.51. The van der Waals surface area contributed by atoms with E-state index in [1.54, 1.807) is 0 Å². The van der Waals surface area contributed by atoms with E-state index < -0.39 is 0 Å². The molecule has 0 aromatic rings. The van der Waals surface area contributed by atoms with Gasteiger partial charge in [0.25, 0.3) is 0 Å². The molecule has 0 aliphatic rings. The first-order valence-electron chi connectivity index (χ1n) is 6.09. The van der Waals surface area contributed by atoms with Crippen LogP contribution in [0.4, 0.5) is 0 Å². The molecule has 0 saturated carbocycles. The summed E-state index contributed by atoms with van der Waals surface area (Å²) >= 11 is 0. The van der Waals surface area contributed by atoms with Crippen molar-refractivity contribution >= 4 is 0 Å². The third-order valence-electron chi connectivity index (χ3n) is 2.25. The molecular formula is C12H28N2O. The van der Waals surface area contributed by atoms with Crippen LogP contribution in [-0.4, -0.2) is 50.3 Å². The van der Waals surface area contributed by atoms with E-state index in [1.165, 1.54) is 6.42 Å². The van der Waals surface area contributed by atoms with Gasteiger partial charge in [0.2, 0.25) is 0 Å². The van der Waals surface area contributed by atoms with E-state index in [0.29, 0.717) is 12.1 Å². The summed E-state index contributed by atoms with van der Waals surface area (Å²) in [5, 5.41) is 3.48. The predicted molar refractivity (Wildman–Crippen MR) is 66.3 cm³/mol. The molecule has 0 aromatic heterocycles. The number of rotatable bonds is 9. The van der Waals surface area contributed by atoms with Crippen LogP contribution in [0, 0.1) is 0 Å². The highest BCUT2D eigenvalue weighted by molar-refractivity contribution is 4.64. The van der Waals surface area contributed by atoms with E-state index in [0.717, 1.165) is 26.2 Å². The molecule has 0 aromatic carbocycles. The number of nitrogens with one attached hydrogen (secondary N) is 1. The smallest absolute Gasteiger partial charge is 0.0596 e. The van der Waals surface area contributed by atoms with Gasteiger partial charge in [-0.25, -0.2) is 0 Å². The second kappa shape index (κ2) is 9.13. The maximum atomic E-state index is 5.51. The van der Waals surface area contributed by atoms with E-state index in [4.69, 9.17) is 4.74 Å². The van der Waals surface area contributed by atoms with Crippen molar-refractivity contribution in [2.75, 3.05) is 33.3 Å². The Labute approximate surface area is 95.2 Å². The molecule has 92 valence electrons. The minimum Gasteiger partial charge on any atom is -0.377 e. The van der Waals surface area contributed by atoms with Crippen LogP contribution in [-0.2, 0) is 4.74 Å². The zero-order chi connectivity index (χ0) is 11.7. The molecule has 0 rings (SSSR count). The molecule has 1 unspecified atom stereocenters. The minimum atomic E-state index is 0.342. The Morgan fingerprint density at radius 2 is 1.93 bits per heavy atom. The van der Waals surface area contributed by atoms with Crippen molar-refractivity contribution in [1.82, 2.24) is 10.2 Å². The monoisotopic (exact) mass is 216 g/mol. The zero-order valence-corrected chi connectivity index (χ0v) is 11.0. The molecule has 0 spiro atoms. The van der Waals surface area contributed by atoms with Crippen molar-refractivity contribution in [3.05, 3.63) is 0 Å². The van der Waals surface area contributed by atoms with E-state index in [2.05, 4.69) is 45.0 Å². The lowest BCUT2D eigenvalue weighted by Crippen LogP contribution is -2.39. The fourth-order valence-corrected chi connectivity index (χ4v) is 1.46. The summed E-state index contributed by atoms with van der Waals surface area (Å²) in [6.45, 7) is 12.6. The van der Waals surface area contributed by atoms with Gasteiger partial charge in [0.05, 0.1) is 12.7 Å². The van der Waals surface area contributed by atoms with Gasteiger partial charge in [0.15, 0.2) is 0 Å². The first-order chi connectivity index (χ1) is 7.06. The Bertz CT molecular complexity index is 140. The van der Waals surface area contributed by atoms with Crippen molar-refractivity contribution in [2.45, 2.75) is 46.3 Å². The zero-order valence-electron chi connectivity index (χ0n) is 11.0. The van der Waals surface area contributed by atoms with Crippen molar-refractivity contribution in [3.8, 4) is 0 Å². The van der Waals surface area contributed by atoms with Crippen molar-refractivity contribution < 1.29 is 4.74 Å². The summed E-state index contributed by atoms with van der Waals surface area (Å²) in [5.74, 6) is 0. The SMILES string of the molecule is CCCNC(C)CN(C)CCOC(C)C. The Morgan fingerprint density at radius 3 is 2.47 bits per heavy atom. The third-order valence-corrected chi connectivity index (χ3v) is 2.25. The number of likely N-dealkylation sites (N-methyl/N-ethyl adjacent to an activating group) is 1. The summed E-state index contributed by atoms with van der Waals surface area (Å²) in [6, 6.07) is 0.564. The number of hydrogen-bond acceptors (Lipinski definition) is 3. The van der Waals surface area contributed by atoms with Crippen LogP contribution in [0.2, 0.25) is 0 Å². The fourth-order valence-electron chi connectivity index (χ4n) is 1.46. The van der Waals surface area contributed by atoms with Crippen molar-refractivity contribution in [3.63, 3.8) is 0 Å². The van der Waals surface area contributed by atoms with Gasteiger partial charge in [-0.2, -0.15) is 0 Å². The highest BCUT2D eigenvalue weighted by Crippen LogP contribution is 1.92. The lowest BCUT2D eigenvalue weighted by Gasteiger charge is -2.22. The summed E-state index contributed by atoms with van der Waals surface area (Å²) in [6.07, 6.45) is 1.54. The third kappa shape index (κ3) is 10.2. The summed E-state index contributed by atoms with van der Waals surface area (Å²) in [4.78, 5) is 2.32. The Balaban J connectivity index is 3.42. The minimum absolute atomic E-state index is 0.342. The van der Waals surface area contributed by atoms with Gasteiger partial charge >= 0.3 is 0 Å². The lowest BCUT2D eigenvalue weighted by atomic mass is 10.3. The number of nitrogens with zero attached hydrogens (tertiary/aromatic N) is 1. The first-order valence-corrected chi connectivity index (χ1v) is 6.09. The van der Waals surface area contributed by atoms with Crippen LogP contribution in [0.3, 0.4) is 0 Å². The highest BCUT2D eigenvalue weighted by Gasteiger charge is 2.05.